The van der Waals surface area contributed by atoms with E-state index in [1.165, 1.54) is 18.4 Å². The van der Waals surface area contributed by atoms with Crippen LogP contribution >= 0.6 is 11.3 Å². The van der Waals surface area contributed by atoms with E-state index >= 15 is 0 Å². The number of hydrogen-bond acceptors (Lipinski definition) is 5. The molecule has 5 nitrogen and oxygen atoms in total. The Labute approximate surface area is 102 Å². The van der Waals surface area contributed by atoms with Gasteiger partial charge < -0.3 is 10.1 Å². The van der Waals surface area contributed by atoms with E-state index in [2.05, 4.69) is 20.3 Å². The van der Waals surface area contributed by atoms with E-state index in [-0.39, 0.29) is 0 Å². The molecule has 0 aliphatic rings. The first-order valence-electron chi connectivity index (χ1n) is 4.99. The molecule has 0 saturated carbocycles. The van der Waals surface area contributed by atoms with Crippen LogP contribution in [0.1, 0.15) is 5.01 Å². The Balaban J connectivity index is 2.04. The van der Waals surface area contributed by atoms with Gasteiger partial charge in [0.1, 0.15) is 10.0 Å². The highest BCUT2D eigenvalue weighted by Crippen LogP contribution is 2.22. The highest BCUT2D eigenvalue weighted by atomic mass is 32.1. The number of nitrogens with zero attached hydrogens (tertiary/aromatic N) is 2. The number of benzene rings is 1. The van der Waals surface area contributed by atoms with Gasteiger partial charge in [-0.25, -0.2) is 4.79 Å². The Kier molecular flexibility index (Phi) is 3.66. The molecule has 6 heteroatoms. The third-order valence-electron chi connectivity index (χ3n) is 2.06. The first kappa shape index (κ1) is 11.5. The largest absolute Gasteiger partial charge is 0.453 e. The average molecular weight is 249 g/mol. The number of carbonyl (C=O) groups is 1. The van der Waals surface area contributed by atoms with Crippen LogP contribution in [0, 0.1) is 0 Å². The Morgan fingerprint density at radius 3 is 2.82 bits per heavy atom. The number of alkyl carbamates (subject to hydrolysis) is 1. The predicted molar refractivity (Wildman–Crippen MR) is 64.6 cm³/mol. The molecule has 0 unspecified atom stereocenters. The Bertz CT molecular complexity index is 498. The maximum atomic E-state index is 10.9. The summed E-state index contributed by atoms with van der Waals surface area (Å²) in [5.41, 5.74) is 1.02. The summed E-state index contributed by atoms with van der Waals surface area (Å²) in [5, 5.41) is 12.2. The molecule has 0 fully saturated rings. The summed E-state index contributed by atoms with van der Waals surface area (Å²) in [4.78, 5) is 10.9. The molecule has 1 aromatic carbocycles. The van der Waals surface area contributed by atoms with Crippen LogP contribution in [0.15, 0.2) is 30.3 Å². The maximum Gasteiger partial charge on any atom is 0.407 e. The van der Waals surface area contributed by atoms with Gasteiger partial charge in [0.25, 0.3) is 0 Å². The van der Waals surface area contributed by atoms with Gasteiger partial charge in [0.2, 0.25) is 0 Å². The summed E-state index contributed by atoms with van der Waals surface area (Å²) >= 11 is 1.45. The number of rotatable bonds is 3. The normalized spacial score (nSPS) is 9.94. The molecule has 0 bridgehead atoms. The number of nitrogens with one attached hydrogen (secondary N) is 1. The molecule has 17 heavy (non-hydrogen) atoms. The van der Waals surface area contributed by atoms with Crippen LogP contribution in [-0.2, 0) is 11.3 Å². The van der Waals surface area contributed by atoms with Gasteiger partial charge in [-0.1, -0.05) is 41.7 Å². The van der Waals surface area contributed by atoms with Gasteiger partial charge in [0.15, 0.2) is 0 Å². The SMILES string of the molecule is COC(=O)NCc1nnc(-c2ccccc2)s1. The van der Waals surface area contributed by atoms with E-state index in [9.17, 15) is 4.79 Å². The van der Waals surface area contributed by atoms with Crippen molar-refractivity contribution in [1.82, 2.24) is 15.5 Å². The quantitative estimate of drug-likeness (QED) is 0.904. The van der Waals surface area contributed by atoms with Crippen molar-refractivity contribution < 1.29 is 9.53 Å². The number of aromatic nitrogens is 2. The fourth-order valence-corrected chi connectivity index (χ4v) is 2.03. The Morgan fingerprint density at radius 2 is 2.12 bits per heavy atom. The van der Waals surface area contributed by atoms with E-state index in [4.69, 9.17) is 0 Å². The summed E-state index contributed by atoms with van der Waals surface area (Å²) in [6, 6.07) is 9.78. The van der Waals surface area contributed by atoms with Gasteiger partial charge in [-0.3, -0.25) is 0 Å². The number of amides is 1. The minimum Gasteiger partial charge on any atom is -0.453 e. The highest BCUT2D eigenvalue weighted by Gasteiger charge is 2.07. The monoisotopic (exact) mass is 249 g/mol. The molecule has 1 heterocycles. The second kappa shape index (κ2) is 5.40. The van der Waals surface area contributed by atoms with E-state index in [1.807, 2.05) is 30.3 Å². The van der Waals surface area contributed by atoms with Gasteiger partial charge in [0, 0.05) is 5.56 Å². The Morgan fingerprint density at radius 1 is 1.35 bits per heavy atom. The zero-order valence-corrected chi connectivity index (χ0v) is 10.0. The lowest BCUT2D eigenvalue weighted by molar-refractivity contribution is 0.170. The average Bonchev–Trinajstić information content (AvgIpc) is 2.86. The minimum atomic E-state index is -0.471. The van der Waals surface area contributed by atoms with Crippen molar-refractivity contribution >= 4 is 17.4 Å². The van der Waals surface area contributed by atoms with Crippen LogP contribution in [0.3, 0.4) is 0 Å². The lowest BCUT2D eigenvalue weighted by Gasteiger charge is -1.98. The van der Waals surface area contributed by atoms with Crippen LogP contribution in [0.5, 0.6) is 0 Å². The molecule has 1 amide bonds. The molecular formula is C11H11N3O2S. The minimum absolute atomic E-state index is 0.331. The summed E-state index contributed by atoms with van der Waals surface area (Å²) in [5.74, 6) is 0. The molecule has 88 valence electrons. The van der Waals surface area contributed by atoms with E-state index in [0.717, 1.165) is 15.6 Å². The van der Waals surface area contributed by atoms with E-state index in [1.54, 1.807) is 0 Å². The molecular weight excluding hydrogens is 238 g/mol. The van der Waals surface area contributed by atoms with Crippen molar-refractivity contribution in [2.75, 3.05) is 7.11 Å². The summed E-state index contributed by atoms with van der Waals surface area (Å²) in [7, 11) is 1.32. The summed E-state index contributed by atoms with van der Waals surface area (Å²) in [6.07, 6.45) is -0.471. The van der Waals surface area contributed by atoms with E-state index in [0.29, 0.717) is 6.54 Å². The number of methoxy groups -OCH3 is 1. The highest BCUT2D eigenvalue weighted by molar-refractivity contribution is 7.14. The zero-order chi connectivity index (χ0) is 12.1. The summed E-state index contributed by atoms with van der Waals surface area (Å²) in [6.45, 7) is 0.331. The third kappa shape index (κ3) is 3.01. The van der Waals surface area contributed by atoms with Crippen LogP contribution in [0.2, 0.25) is 0 Å². The molecule has 0 spiro atoms. The van der Waals surface area contributed by atoms with Gasteiger partial charge in [-0.2, -0.15) is 0 Å². The summed E-state index contributed by atoms with van der Waals surface area (Å²) < 4.78 is 4.47. The Hall–Kier alpha value is -1.95. The fourth-order valence-electron chi connectivity index (χ4n) is 1.24. The van der Waals surface area contributed by atoms with Crippen LogP contribution in [0.25, 0.3) is 10.6 Å². The van der Waals surface area contributed by atoms with E-state index < -0.39 is 6.09 Å². The molecule has 2 aromatic rings. The van der Waals surface area contributed by atoms with Crippen molar-refractivity contribution in [3.8, 4) is 10.6 Å². The molecule has 1 N–H and O–H groups in total. The van der Waals surface area contributed by atoms with Crippen LogP contribution < -0.4 is 5.32 Å². The first-order chi connectivity index (χ1) is 8.29. The van der Waals surface area contributed by atoms with Crippen molar-refractivity contribution in [3.05, 3.63) is 35.3 Å². The third-order valence-corrected chi connectivity index (χ3v) is 3.03. The number of ether oxygens (including phenoxy) is 1. The molecule has 0 atom stereocenters. The smallest absolute Gasteiger partial charge is 0.407 e. The molecule has 0 aliphatic heterocycles. The fraction of sp³-hybridized carbons (Fsp3) is 0.182. The maximum absolute atomic E-state index is 10.9. The van der Waals surface area contributed by atoms with Gasteiger partial charge in [-0.05, 0) is 0 Å². The molecule has 2 rings (SSSR count). The lowest BCUT2D eigenvalue weighted by Crippen LogP contribution is -2.22. The first-order valence-corrected chi connectivity index (χ1v) is 5.81. The van der Waals surface area contributed by atoms with Crippen molar-refractivity contribution in [3.63, 3.8) is 0 Å². The number of hydrogen-bond donors (Lipinski definition) is 1. The van der Waals surface area contributed by atoms with Gasteiger partial charge in [-0.15, -0.1) is 10.2 Å². The number of carbonyl (C=O) groups excluding carboxylic acids is 1. The molecule has 1 aromatic heterocycles. The second-order valence-corrected chi connectivity index (χ2v) is 4.27. The predicted octanol–water partition coefficient (Wildman–Crippen LogP) is 2.06. The molecule has 0 saturated heterocycles. The second-order valence-electron chi connectivity index (χ2n) is 3.21. The molecule has 0 aliphatic carbocycles. The van der Waals surface area contributed by atoms with Crippen molar-refractivity contribution in [1.29, 1.82) is 0 Å². The standard InChI is InChI=1S/C11H11N3O2S/c1-16-11(15)12-7-9-13-14-10(17-9)8-5-3-2-4-6-8/h2-6H,7H2,1H3,(H,12,15). The van der Waals surface area contributed by atoms with Crippen molar-refractivity contribution in [2.45, 2.75) is 6.54 Å². The van der Waals surface area contributed by atoms with Crippen LogP contribution in [-0.4, -0.2) is 23.4 Å². The topological polar surface area (TPSA) is 64.1 Å². The van der Waals surface area contributed by atoms with Crippen molar-refractivity contribution in [2.24, 2.45) is 0 Å². The van der Waals surface area contributed by atoms with Crippen LogP contribution in [0.4, 0.5) is 4.79 Å². The zero-order valence-electron chi connectivity index (χ0n) is 9.21. The molecule has 0 radical (unpaired) electrons. The van der Waals surface area contributed by atoms with Gasteiger partial charge in [0.05, 0.1) is 13.7 Å². The van der Waals surface area contributed by atoms with Gasteiger partial charge >= 0.3 is 6.09 Å². The lowest BCUT2D eigenvalue weighted by atomic mass is 10.2.